The van der Waals surface area contributed by atoms with E-state index in [1.54, 1.807) is 6.20 Å². The Kier molecular flexibility index (Phi) is 3.88. The largest absolute Gasteiger partial charge is 0.324 e. The molecule has 0 radical (unpaired) electrons. The number of hydrogen-bond acceptors (Lipinski definition) is 3. The molecule has 2 aromatic rings. The Morgan fingerprint density at radius 2 is 2.19 bits per heavy atom. The number of amides is 1. The normalized spacial score (nSPS) is 22.6. The Morgan fingerprint density at radius 1 is 1.33 bits per heavy atom. The molecular formula is C17H21N3O. The Morgan fingerprint density at radius 3 is 2.95 bits per heavy atom. The summed E-state index contributed by atoms with van der Waals surface area (Å²) in [5.41, 5.74) is 1.74. The van der Waals surface area contributed by atoms with Gasteiger partial charge in [0, 0.05) is 17.6 Å². The molecule has 2 atom stereocenters. The molecule has 21 heavy (non-hydrogen) atoms. The summed E-state index contributed by atoms with van der Waals surface area (Å²) >= 11 is 0. The lowest BCUT2D eigenvalue weighted by Gasteiger charge is -2.22. The van der Waals surface area contributed by atoms with E-state index in [2.05, 4.69) is 29.0 Å². The molecule has 1 aromatic carbocycles. The van der Waals surface area contributed by atoms with Crippen LogP contribution in [0.2, 0.25) is 0 Å². The predicted molar refractivity (Wildman–Crippen MR) is 85.2 cm³/mol. The van der Waals surface area contributed by atoms with Gasteiger partial charge < -0.3 is 5.32 Å². The van der Waals surface area contributed by atoms with Gasteiger partial charge in [-0.3, -0.25) is 14.7 Å². The first-order valence-corrected chi connectivity index (χ1v) is 7.53. The summed E-state index contributed by atoms with van der Waals surface area (Å²) in [6, 6.07) is 10.2. The summed E-state index contributed by atoms with van der Waals surface area (Å²) in [5, 5.41) is 4.01. The van der Waals surface area contributed by atoms with Gasteiger partial charge in [-0.1, -0.05) is 13.0 Å². The zero-order valence-electron chi connectivity index (χ0n) is 12.5. The number of likely N-dealkylation sites (tertiary alicyclic amines) is 1. The number of carbonyl (C=O) groups excluding carboxylic acids is 1. The lowest BCUT2D eigenvalue weighted by atomic mass is 10.1. The van der Waals surface area contributed by atoms with Crippen LogP contribution >= 0.6 is 0 Å². The standard InChI is InChI=1S/C17H21N3O/c1-12-8-10-20(13(12)2)11-17(21)19-16-7-3-6-15-14(16)5-4-9-18-15/h3-7,9,12-13H,8,10-11H2,1-2H3,(H,19,21). The topological polar surface area (TPSA) is 45.2 Å². The maximum absolute atomic E-state index is 12.3. The Labute approximate surface area is 125 Å². The number of aromatic nitrogens is 1. The molecule has 2 unspecified atom stereocenters. The molecule has 0 spiro atoms. The number of fused-ring (bicyclic) bond motifs is 1. The number of hydrogen-bond donors (Lipinski definition) is 1. The highest BCUT2D eigenvalue weighted by atomic mass is 16.2. The van der Waals surface area contributed by atoms with Crippen LogP contribution in [0.1, 0.15) is 20.3 Å². The van der Waals surface area contributed by atoms with E-state index in [1.165, 1.54) is 6.42 Å². The molecule has 0 bridgehead atoms. The minimum atomic E-state index is 0.0484. The van der Waals surface area contributed by atoms with Crippen molar-refractivity contribution in [2.45, 2.75) is 26.3 Å². The van der Waals surface area contributed by atoms with Crippen LogP contribution in [0.3, 0.4) is 0 Å². The van der Waals surface area contributed by atoms with E-state index in [-0.39, 0.29) is 5.91 Å². The summed E-state index contributed by atoms with van der Waals surface area (Å²) < 4.78 is 0. The molecule has 2 heterocycles. The number of pyridine rings is 1. The molecule has 0 aliphatic carbocycles. The summed E-state index contributed by atoms with van der Waals surface area (Å²) in [6.07, 6.45) is 2.94. The van der Waals surface area contributed by atoms with Gasteiger partial charge in [0.25, 0.3) is 0 Å². The van der Waals surface area contributed by atoms with Gasteiger partial charge in [-0.25, -0.2) is 0 Å². The fourth-order valence-electron chi connectivity index (χ4n) is 2.98. The summed E-state index contributed by atoms with van der Waals surface area (Å²) in [6.45, 7) is 5.92. The quantitative estimate of drug-likeness (QED) is 0.942. The second-order valence-electron chi connectivity index (χ2n) is 5.90. The molecule has 1 aliphatic rings. The SMILES string of the molecule is CC1CCN(CC(=O)Nc2cccc3ncccc23)C1C. The highest BCUT2D eigenvalue weighted by Crippen LogP contribution is 2.24. The van der Waals surface area contributed by atoms with E-state index in [1.807, 2.05) is 30.3 Å². The van der Waals surface area contributed by atoms with Crippen molar-refractivity contribution in [1.29, 1.82) is 0 Å². The van der Waals surface area contributed by atoms with Gasteiger partial charge in [0.05, 0.1) is 17.7 Å². The molecule has 1 saturated heterocycles. The Hall–Kier alpha value is -1.94. The van der Waals surface area contributed by atoms with Crippen molar-refractivity contribution in [3.05, 3.63) is 36.5 Å². The highest BCUT2D eigenvalue weighted by Gasteiger charge is 2.28. The van der Waals surface area contributed by atoms with Crippen LogP contribution in [0, 0.1) is 5.92 Å². The van der Waals surface area contributed by atoms with Crippen molar-refractivity contribution >= 4 is 22.5 Å². The van der Waals surface area contributed by atoms with Crippen LogP contribution in [0.5, 0.6) is 0 Å². The van der Waals surface area contributed by atoms with Crippen LogP contribution in [-0.4, -0.2) is 34.9 Å². The van der Waals surface area contributed by atoms with Gasteiger partial charge in [0.2, 0.25) is 5.91 Å². The number of carbonyl (C=O) groups is 1. The van der Waals surface area contributed by atoms with Crippen LogP contribution in [0.15, 0.2) is 36.5 Å². The molecule has 1 fully saturated rings. The fourth-order valence-corrected chi connectivity index (χ4v) is 2.98. The lowest BCUT2D eigenvalue weighted by molar-refractivity contribution is -0.117. The minimum absolute atomic E-state index is 0.0484. The molecule has 1 N–H and O–H groups in total. The van der Waals surface area contributed by atoms with Gasteiger partial charge in [-0.2, -0.15) is 0 Å². The van der Waals surface area contributed by atoms with Crippen molar-refractivity contribution in [2.24, 2.45) is 5.92 Å². The third kappa shape index (κ3) is 2.90. The number of nitrogens with one attached hydrogen (secondary N) is 1. The molecule has 1 aliphatic heterocycles. The number of rotatable bonds is 3. The first kappa shape index (κ1) is 14.0. The van der Waals surface area contributed by atoms with E-state index in [9.17, 15) is 4.79 Å². The average Bonchev–Trinajstić information content (AvgIpc) is 2.80. The van der Waals surface area contributed by atoms with Crippen LogP contribution in [0.25, 0.3) is 10.9 Å². The van der Waals surface area contributed by atoms with Crippen molar-refractivity contribution < 1.29 is 4.79 Å². The molecule has 4 heteroatoms. The number of nitrogens with zero attached hydrogens (tertiary/aromatic N) is 2. The van der Waals surface area contributed by atoms with E-state index in [0.717, 1.165) is 23.1 Å². The third-order valence-electron chi connectivity index (χ3n) is 4.54. The van der Waals surface area contributed by atoms with Gasteiger partial charge in [0.15, 0.2) is 0 Å². The van der Waals surface area contributed by atoms with Gasteiger partial charge in [-0.15, -0.1) is 0 Å². The van der Waals surface area contributed by atoms with Crippen LogP contribution in [-0.2, 0) is 4.79 Å². The maximum atomic E-state index is 12.3. The molecule has 1 amide bonds. The summed E-state index contributed by atoms with van der Waals surface area (Å²) in [7, 11) is 0. The molecule has 3 rings (SSSR count). The number of benzene rings is 1. The molecule has 4 nitrogen and oxygen atoms in total. The van der Waals surface area contributed by atoms with Gasteiger partial charge in [0.1, 0.15) is 0 Å². The van der Waals surface area contributed by atoms with Crippen LogP contribution in [0.4, 0.5) is 5.69 Å². The smallest absolute Gasteiger partial charge is 0.238 e. The average molecular weight is 283 g/mol. The van der Waals surface area contributed by atoms with Crippen molar-refractivity contribution in [3.63, 3.8) is 0 Å². The third-order valence-corrected chi connectivity index (χ3v) is 4.54. The second-order valence-corrected chi connectivity index (χ2v) is 5.90. The number of anilines is 1. The predicted octanol–water partition coefficient (Wildman–Crippen LogP) is 2.90. The van der Waals surface area contributed by atoms with E-state index < -0.39 is 0 Å². The van der Waals surface area contributed by atoms with E-state index in [0.29, 0.717) is 18.5 Å². The molecule has 110 valence electrons. The Bertz CT molecular complexity index is 650. The molecule has 1 aromatic heterocycles. The fraction of sp³-hybridized carbons (Fsp3) is 0.412. The molecular weight excluding hydrogens is 262 g/mol. The van der Waals surface area contributed by atoms with Gasteiger partial charge in [-0.05, 0) is 50.1 Å². The minimum Gasteiger partial charge on any atom is -0.324 e. The van der Waals surface area contributed by atoms with E-state index in [4.69, 9.17) is 0 Å². The second kappa shape index (κ2) is 5.82. The lowest BCUT2D eigenvalue weighted by Crippen LogP contribution is -2.36. The van der Waals surface area contributed by atoms with Crippen molar-refractivity contribution in [1.82, 2.24) is 9.88 Å². The van der Waals surface area contributed by atoms with E-state index >= 15 is 0 Å². The van der Waals surface area contributed by atoms with Gasteiger partial charge >= 0.3 is 0 Å². The monoisotopic (exact) mass is 283 g/mol. The summed E-state index contributed by atoms with van der Waals surface area (Å²) in [4.78, 5) is 18.9. The van der Waals surface area contributed by atoms with Crippen LogP contribution < -0.4 is 5.32 Å². The zero-order valence-corrected chi connectivity index (χ0v) is 12.5. The zero-order chi connectivity index (χ0) is 14.8. The first-order valence-electron chi connectivity index (χ1n) is 7.53. The van der Waals surface area contributed by atoms with Crippen molar-refractivity contribution in [2.75, 3.05) is 18.4 Å². The maximum Gasteiger partial charge on any atom is 0.238 e. The molecule has 0 saturated carbocycles. The highest BCUT2D eigenvalue weighted by molar-refractivity contribution is 6.01. The van der Waals surface area contributed by atoms with Crippen molar-refractivity contribution in [3.8, 4) is 0 Å². The first-order chi connectivity index (χ1) is 10.1. The Balaban J connectivity index is 1.72. The summed E-state index contributed by atoms with van der Waals surface area (Å²) in [5.74, 6) is 0.715.